The lowest BCUT2D eigenvalue weighted by atomic mass is 10.2. The van der Waals surface area contributed by atoms with Crippen molar-refractivity contribution in [2.24, 2.45) is 10.7 Å². The van der Waals surface area contributed by atoms with Gasteiger partial charge in [0.1, 0.15) is 10.6 Å². The van der Waals surface area contributed by atoms with Crippen LogP contribution >= 0.6 is 0 Å². The Morgan fingerprint density at radius 1 is 1.27 bits per heavy atom. The Morgan fingerprint density at radius 2 is 1.87 bits per heavy atom. The highest BCUT2D eigenvalue weighted by molar-refractivity contribution is 7.93. The largest absolute Gasteiger partial charge is 0.386 e. The Labute approximate surface area is 88.7 Å². The van der Waals surface area contributed by atoms with Gasteiger partial charge in [0.25, 0.3) is 0 Å². The van der Waals surface area contributed by atoms with Crippen LogP contribution in [0.3, 0.4) is 0 Å². The van der Waals surface area contributed by atoms with Crippen LogP contribution in [0.1, 0.15) is 13.8 Å². The molecule has 1 aliphatic rings. The number of aliphatic imine (C=N–C) groups is 1. The van der Waals surface area contributed by atoms with Crippen molar-refractivity contribution in [1.82, 2.24) is 0 Å². The number of rotatable bonds is 0. The molecule has 0 fully saturated rings. The molecule has 0 spiro atoms. The number of nitrogens with zero attached hydrogens (tertiary/aromatic N) is 1. The summed E-state index contributed by atoms with van der Waals surface area (Å²) in [5, 5.41) is 0. The molecule has 0 saturated carbocycles. The molecule has 0 aromatic heterocycles. The smallest absolute Gasteiger partial charge is 0.192 e. The number of nitrogens with two attached hydrogens (primary N) is 1. The Kier molecular flexibility index (Phi) is 1.91. The molecule has 2 rings (SSSR count). The zero-order valence-electron chi connectivity index (χ0n) is 8.56. The molecule has 0 radical (unpaired) electrons. The zero-order valence-corrected chi connectivity index (χ0v) is 9.38. The molecule has 80 valence electrons. The van der Waals surface area contributed by atoms with Crippen molar-refractivity contribution in [1.29, 1.82) is 0 Å². The SMILES string of the molecule is CC1(C)C(N)=Nc2ccccc2S1(=O)=O. The van der Waals surface area contributed by atoms with Gasteiger partial charge in [-0.3, -0.25) is 0 Å². The average Bonchev–Trinajstić information content (AvgIpc) is 2.16. The average molecular weight is 224 g/mol. The molecule has 0 unspecified atom stereocenters. The number of para-hydroxylation sites is 1. The highest BCUT2D eigenvalue weighted by Crippen LogP contribution is 2.36. The number of hydrogen-bond acceptors (Lipinski definition) is 4. The molecule has 15 heavy (non-hydrogen) atoms. The van der Waals surface area contributed by atoms with Gasteiger partial charge in [0.15, 0.2) is 9.84 Å². The molecular formula is C10H12N2O2S. The third-order valence-corrected chi connectivity index (χ3v) is 5.16. The Hall–Kier alpha value is -1.36. The van der Waals surface area contributed by atoms with Crippen molar-refractivity contribution in [3.8, 4) is 0 Å². The summed E-state index contributed by atoms with van der Waals surface area (Å²) in [6.07, 6.45) is 0. The third-order valence-electron chi connectivity index (χ3n) is 2.68. The molecule has 0 bridgehead atoms. The first-order chi connectivity index (χ1) is 6.87. The summed E-state index contributed by atoms with van der Waals surface area (Å²) in [7, 11) is -3.43. The lowest BCUT2D eigenvalue weighted by Crippen LogP contribution is -2.47. The van der Waals surface area contributed by atoms with E-state index >= 15 is 0 Å². The van der Waals surface area contributed by atoms with E-state index in [1.165, 1.54) is 0 Å². The van der Waals surface area contributed by atoms with Gasteiger partial charge in [-0.05, 0) is 26.0 Å². The van der Waals surface area contributed by atoms with E-state index in [0.29, 0.717) is 5.69 Å². The zero-order chi connectivity index (χ0) is 11.3. The summed E-state index contributed by atoms with van der Waals surface area (Å²) in [5.74, 6) is 0.140. The van der Waals surface area contributed by atoms with Gasteiger partial charge in [0.05, 0.1) is 10.6 Å². The first-order valence-corrected chi connectivity index (χ1v) is 6.04. The number of fused-ring (bicyclic) bond motifs is 1. The van der Waals surface area contributed by atoms with Gasteiger partial charge >= 0.3 is 0 Å². The summed E-state index contributed by atoms with van der Waals surface area (Å²) in [6, 6.07) is 6.63. The van der Waals surface area contributed by atoms with Crippen LogP contribution in [0.2, 0.25) is 0 Å². The fourth-order valence-corrected chi connectivity index (χ4v) is 2.97. The highest BCUT2D eigenvalue weighted by atomic mass is 32.2. The molecule has 2 N–H and O–H groups in total. The molecule has 1 aromatic carbocycles. The van der Waals surface area contributed by atoms with Crippen molar-refractivity contribution in [3.63, 3.8) is 0 Å². The van der Waals surface area contributed by atoms with Crippen molar-refractivity contribution in [2.75, 3.05) is 0 Å². The fraction of sp³-hybridized carbons (Fsp3) is 0.300. The summed E-state index contributed by atoms with van der Waals surface area (Å²) in [6.45, 7) is 3.13. The van der Waals surface area contributed by atoms with E-state index in [9.17, 15) is 8.42 Å². The Balaban J connectivity index is 2.85. The minimum absolute atomic E-state index is 0.140. The molecule has 0 saturated heterocycles. The number of hydrogen-bond donors (Lipinski definition) is 1. The molecule has 0 atom stereocenters. The second kappa shape index (κ2) is 2.82. The van der Waals surface area contributed by atoms with Crippen LogP contribution < -0.4 is 5.73 Å². The van der Waals surface area contributed by atoms with E-state index in [2.05, 4.69) is 4.99 Å². The van der Waals surface area contributed by atoms with Gasteiger partial charge in [-0.15, -0.1) is 0 Å². The van der Waals surface area contributed by atoms with Crippen molar-refractivity contribution >= 4 is 21.4 Å². The van der Waals surface area contributed by atoms with E-state index in [4.69, 9.17) is 5.73 Å². The van der Waals surface area contributed by atoms with E-state index in [0.717, 1.165) is 0 Å². The minimum atomic E-state index is -3.43. The summed E-state index contributed by atoms with van der Waals surface area (Å²) in [4.78, 5) is 4.36. The Bertz CT molecular complexity index is 544. The molecule has 0 amide bonds. The number of benzene rings is 1. The van der Waals surface area contributed by atoms with E-state index < -0.39 is 14.6 Å². The van der Waals surface area contributed by atoms with Crippen LogP contribution in [0.15, 0.2) is 34.2 Å². The van der Waals surface area contributed by atoms with E-state index in [1.807, 2.05) is 0 Å². The number of amidine groups is 1. The normalized spacial score (nSPS) is 21.6. The minimum Gasteiger partial charge on any atom is -0.386 e. The van der Waals surface area contributed by atoms with Crippen LogP contribution in [0.25, 0.3) is 0 Å². The second-order valence-electron chi connectivity index (χ2n) is 3.98. The van der Waals surface area contributed by atoms with Gasteiger partial charge in [0.2, 0.25) is 0 Å². The van der Waals surface area contributed by atoms with Gasteiger partial charge in [-0.2, -0.15) is 0 Å². The van der Waals surface area contributed by atoms with E-state index in [1.54, 1.807) is 38.1 Å². The fourth-order valence-electron chi connectivity index (χ4n) is 1.45. The van der Waals surface area contributed by atoms with Gasteiger partial charge in [-0.25, -0.2) is 13.4 Å². The first-order valence-electron chi connectivity index (χ1n) is 4.55. The first kappa shape index (κ1) is 10.2. The van der Waals surface area contributed by atoms with Gasteiger partial charge in [0, 0.05) is 0 Å². The lowest BCUT2D eigenvalue weighted by molar-refractivity contribution is 0.575. The summed E-state index contributed by atoms with van der Waals surface area (Å²) in [5.41, 5.74) is 6.10. The van der Waals surface area contributed by atoms with Gasteiger partial charge < -0.3 is 5.73 Å². The monoisotopic (exact) mass is 224 g/mol. The molecular weight excluding hydrogens is 212 g/mol. The van der Waals surface area contributed by atoms with E-state index in [-0.39, 0.29) is 10.7 Å². The second-order valence-corrected chi connectivity index (χ2v) is 6.45. The summed E-state index contributed by atoms with van der Waals surface area (Å²) >= 11 is 0. The predicted octanol–water partition coefficient (Wildman–Crippen LogP) is 1.24. The quantitative estimate of drug-likeness (QED) is 0.720. The topological polar surface area (TPSA) is 72.5 Å². The molecule has 0 aliphatic carbocycles. The molecule has 1 aromatic rings. The van der Waals surface area contributed by atoms with Crippen LogP contribution in [-0.4, -0.2) is 19.0 Å². The van der Waals surface area contributed by atoms with Crippen LogP contribution in [0, 0.1) is 0 Å². The van der Waals surface area contributed by atoms with Crippen molar-refractivity contribution in [2.45, 2.75) is 23.5 Å². The Morgan fingerprint density at radius 3 is 2.53 bits per heavy atom. The van der Waals surface area contributed by atoms with Crippen LogP contribution in [-0.2, 0) is 9.84 Å². The van der Waals surface area contributed by atoms with Gasteiger partial charge in [-0.1, -0.05) is 12.1 Å². The van der Waals surface area contributed by atoms with Crippen LogP contribution in [0.4, 0.5) is 5.69 Å². The maximum Gasteiger partial charge on any atom is 0.192 e. The predicted molar refractivity (Wildman–Crippen MR) is 59.0 cm³/mol. The molecule has 1 aliphatic heterocycles. The maximum absolute atomic E-state index is 12.2. The maximum atomic E-state index is 12.2. The van der Waals surface area contributed by atoms with Crippen molar-refractivity contribution in [3.05, 3.63) is 24.3 Å². The lowest BCUT2D eigenvalue weighted by Gasteiger charge is -2.28. The molecule has 5 heteroatoms. The highest BCUT2D eigenvalue weighted by Gasteiger charge is 2.43. The number of sulfone groups is 1. The third kappa shape index (κ3) is 1.19. The molecule has 4 nitrogen and oxygen atoms in total. The van der Waals surface area contributed by atoms with Crippen molar-refractivity contribution < 1.29 is 8.42 Å². The van der Waals surface area contributed by atoms with Crippen LogP contribution in [0.5, 0.6) is 0 Å². The summed E-state index contributed by atoms with van der Waals surface area (Å²) < 4.78 is 23.2. The molecule has 1 heterocycles. The standard InChI is InChI=1S/C10H12N2O2S/c1-10(2)9(11)12-7-5-3-4-6-8(7)15(10,13)14/h3-6H,1-2H3,(H2,11,12).